The molecule has 1 aliphatic rings. The SMILES string of the molecule is C=CC=C1/C(=C(C)/C(=N/N=C)SCc2ccc(OC(C)C)c(C#N)c2)CCC1NCCOC. The number of thioether (sulfide) groups is 1. The zero-order valence-corrected chi connectivity index (χ0v) is 20.9. The minimum absolute atomic E-state index is 0.0149. The smallest absolute Gasteiger partial charge is 0.137 e. The summed E-state index contributed by atoms with van der Waals surface area (Å²) < 4.78 is 10.9. The van der Waals surface area contributed by atoms with Crippen molar-refractivity contribution in [2.24, 2.45) is 10.2 Å². The Hall–Kier alpha value is -2.66. The van der Waals surface area contributed by atoms with E-state index >= 15 is 0 Å². The molecule has 2 rings (SSSR count). The third-order valence-electron chi connectivity index (χ3n) is 5.24. The molecule has 0 heterocycles. The molecule has 0 amide bonds. The fourth-order valence-electron chi connectivity index (χ4n) is 3.76. The molecule has 1 fully saturated rings. The Balaban J connectivity index is 2.22. The van der Waals surface area contributed by atoms with E-state index in [0.717, 1.165) is 35.6 Å². The van der Waals surface area contributed by atoms with Crippen LogP contribution in [0.4, 0.5) is 0 Å². The topological polar surface area (TPSA) is 79.0 Å². The molecule has 1 aliphatic carbocycles. The molecule has 1 N–H and O–H groups in total. The van der Waals surface area contributed by atoms with Crippen molar-refractivity contribution in [3.05, 3.63) is 64.8 Å². The van der Waals surface area contributed by atoms with Crippen LogP contribution in [-0.4, -0.2) is 44.2 Å². The maximum atomic E-state index is 9.51. The summed E-state index contributed by atoms with van der Waals surface area (Å²) >= 11 is 1.59. The number of methoxy groups -OCH3 is 1. The first-order chi connectivity index (χ1) is 15.9. The van der Waals surface area contributed by atoms with E-state index < -0.39 is 0 Å². The highest BCUT2D eigenvalue weighted by Gasteiger charge is 2.27. The monoisotopic (exact) mass is 466 g/mol. The van der Waals surface area contributed by atoms with Gasteiger partial charge in [0.05, 0.1) is 18.3 Å². The number of nitrogens with zero attached hydrogens (tertiary/aromatic N) is 3. The number of ether oxygens (including phenoxy) is 2. The van der Waals surface area contributed by atoms with Crippen LogP contribution in [0.25, 0.3) is 0 Å². The van der Waals surface area contributed by atoms with Crippen LogP contribution in [0, 0.1) is 11.3 Å². The average Bonchev–Trinajstić information content (AvgIpc) is 3.19. The molecule has 1 unspecified atom stereocenters. The predicted molar refractivity (Wildman–Crippen MR) is 139 cm³/mol. The Morgan fingerprint density at radius 2 is 2.21 bits per heavy atom. The number of nitrogens with one attached hydrogen (secondary N) is 1. The largest absolute Gasteiger partial charge is 0.490 e. The van der Waals surface area contributed by atoms with E-state index in [4.69, 9.17) is 9.47 Å². The zero-order valence-electron chi connectivity index (χ0n) is 20.1. The van der Waals surface area contributed by atoms with E-state index in [1.807, 2.05) is 38.1 Å². The minimum atomic E-state index is 0.0149. The summed E-state index contributed by atoms with van der Waals surface area (Å²) in [7, 11) is 1.71. The van der Waals surface area contributed by atoms with Gasteiger partial charge in [-0.1, -0.05) is 36.6 Å². The third-order valence-corrected chi connectivity index (χ3v) is 6.38. The summed E-state index contributed by atoms with van der Waals surface area (Å²) in [5.74, 6) is 1.27. The number of allylic oxidation sites excluding steroid dienone is 2. The predicted octanol–water partition coefficient (Wildman–Crippen LogP) is 5.42. The van der Waals surface area contributed by atoms with Gasteiger partial charge < -0.3 is 14.8 Å². The molecule has 0 spiro atoms. The van der Waals surface area contributed by atoms with Gasteiger partial charge in [-0.05, 0) is 68.0 Å². The molecule has 1 saturated carbocycles. The van der Waals surface area contributed by atoms with Crippen LogP contribution in [0.3, 0.4) is 0 Å². The second-order valence-electron chi connectivity index (χ2n) is 7.94. The molecule has 0 aliphatic heterocycles. The first-order valence-corrected chi connectivity index (χ1v) is 12.0. The molecule has 6 nitrogen and oxygen atoms in total. The minimum Gasteiger partial charge on any atom is -0.490 e. The molecular formula is C26H34N4O2S. The van der Waals surface area contributed by atoms with E-state index in [2.05, 4.69) is 47.9 Å². The first-order valence-electron chi connectivity index (χ1n) is 11.1. The number of benzene rings is 1. The van der Waals surface area contributed by atoms with Crippen LogP contribution >= 0.6 is 11.8 Å². The Kier molecular flexibility index (Phi) is 11.1. The highest BCUT2D eigenvalue weighted by atomic mass is 32.2. The summed E-state index contributed by atoms with van der Waals surface area (Å²) in [5, 5.41) is 22.0. The number of hydrogen-bond acceptors (Lipinski definition) is 7. The van der Waals surface area contributed by atoms with Crippen LogP contribution in [0.2, 0.25) is 0 Å². The number of rotatable bonds is 11. The molecule has 33 heavy (non-hydrogen) atoms. The molecule has 7 heteroatoms. The Morgan fingerprint density at radius 1 is 1.42 bits per heavy atom. The van der Waals surface area contributed by atoms with Gasteiger partial charge in [-0.3, -0.25) is 0 Å². The normalized spacial score (nSPS) is 19.0. The van der Waals surface area contributed by atoms with Crippen LogP contribution in [0.5, 0.6) is 5.75 Å². The van der Waals surface area contributed by atoms with Gasteiger partial charge in [-0.2, -0.15) is 10.4 Å². The van der Waals surface area contributed by atoms with Gasteiger partial charge in [0.25, 0.3) is 0 Å². The van der Waals surface area contributed by atoms with Crippen molar-refractivity contribution in [3.63, 3.8) is 0 Å². The quantitative estimate of drug-likeness (QED) is 0.204. The maximum Gasteiger partial charge on any atom is 0.137 e. The van der Waals surface area contributed by atoms with Crippen LogP contribution < -0.4 is 10.1 Å². The van der Waals surface area contributed by atoms with Gasteiger partial charge in [0.2, 0.25) is 0 Å². The van der Waals surface area contributed by atoms with E-state index in [0.29, 0.717) is 23.7 Å². The van der Waals surface area contributed by atoms with Gasteiger partial charge in [0.15, 0.2) is 0 Å². The molecule has 1 aromatic carbocycles. The van der Waals surface area contributed by atoms with Crippen molar-refractivity contribution in [2.45, 2.75) is 51.5 Å². The molecule has 1 aromatic rings. The summed E-state index contributed by atoms with van der Waals surface area (Å²) in [6.07, 6.45) is 5.89. The van der Waals surface area contributed by atoms with Gasteiger partial charge in [0.1, 0.15) is 16.9 Å². The van der Waals surface area contributed by atoms with Gasteiger partial charge in [-0.25, -0.2) is 0 Å². The van der Waals surface area contributed by atoms with Crippen LogP contribution in [0.15, 0.2) is 63.9 Å². The fraction of sp³-hybridized carbons (Fsp3) is 0.423. The van der Waals surface area contributed by atoms with Gasteiger partial charge in [0, 0.05) is 32.2 Å². The van der Waals surface area contributed by atoms with Crippen molar-refractivity contribution >= 4 is 23.5 Å². The highest BCUT2D eigenvalue weighted by molar-refractivity contribution is 8.13. The summed E-state index contributed by atoms with van der Waals surface area (Å²) in [6, 6.07) is 8.22. The molecule has 0 bridgehead atoms. The van der Waals surface area contributed by atoms with Crippen LogP contribution in [0.1, 0.15) is 44.7 Å². The lowest BCUT2D eigenvalue weighted by Gasteiger charge is -2.16. The molecule has 0 radical (unpaired) electrons. The molecular weight excluding hydrogens is 432 g/mol. The van der Waals surface area contributed by atoms with Crippen molar-refractivity contribution in [2.75, 3.05) is 20.3 Å². The lowest BCUT2D eigenvalue weighted by Crippen LogP contribution is -2.30. The second kappa shape index (κ2) is 13.8. The standard InChI is InChI=1S/C26H34N4O2S/c1-7-8-23-22(10-11-24(23)29-13-14-31-6)19(4)26(30-28-5)33-17-20-9-12-25(32-18(2)3)21(15-20)16-27/h7-9,12,15,18,24,29H,1,5,10-11,13-14,17H2,2-4,6H3/b22-19+,23-8?,30-26-. The molecule has 0 saturated heterocycles. The average molecular weight is 467 g/mol. The van der Waals surface area contributed by atoms with E-state index in [9.17, 15) is 5.26 Å². The van der Waals surface area contributed by atoms with E-state index in [1.165, 1.54) is 11.1 Å². The van der Waals surface area contributed by atoms with Gasteiger partial charge in [-0.15, -0.1) is 5.10 Å². The third kappa shape index (κ3) is 7.71. The molecule has 1 atom stereocenters. The van der Waals surface area contributed by atoms with Gasteiger partial charge >= 0.3 is 0 Å². The Morgan fingerprint density at radius 3 is 2.85 bits per heavy atom. The van der Waals surface area contributed by atoms with E-state index in [1.54, 1.807) is 18.9 Å². The second-order valence-corrected chi connectivity index (χ2v) is 8.91. The molecule has 0 aromatic heterocycles. The van der Waals surface area contributed by atoms with Crippen molar-refractivity contribution in [1.29, 1.82) is 5.26 Å². The summed E-state index contributed by atoms with van der Waals surface area (Å²) in [6.45, 7) is 14.9. The Labute approximate surface area is 202 Å². The number of hydrogen-bond donors (Lipinski definition) is 1. The van der Waals surface area contributed by atoms with E-state index in [-0.39, 0.29) is 12.1 Å². The lowest BCUT2D eigenvalue weighted by atomic mass is 10.0. The molecule has 176 valence electrons. The zero-order chi connectivity index (χ0) is 24.2. The first kappa shape index (κ1) is 26.6. The van der Waals surface area contributed by atoms with Crippen molar-refractivity contribution in [1.82, 2.24) is 5.32 Å². The maximum absolute atomic E-state index is 9.51. The summed E-state index contributed by atoms with van der Waals surface area (Å²) in [5.41, 5.74) is 5.15. The highest BCUT2D eigenvalue weighted by Crippen LogP contribution is 2.36. The summed E-state index contributed by atoms with van der Waals surface area (Å²) in [4.78, 5) is 0. The van der Waals surface area contributed by atoms with Crippen molar-refractivity contribution in [3.8, 4) is 11.8 Å². The number of nitriles is 1. The lowest BCUT2D eigenvalue weighted by molar-refractivity contribution is 0.197. The van der Waals surface area contributed by atoms with Crippen LogP contribution in [-0.2, 0) is 10.5 Å². The van der Waals surface area contributed by atoms with Crippen molar-refractivity contribution < 1.29 is 9.47 Å². The Bertz CT molecular complexity index is 973. The fourth-order valence-corrected chi connectivity index (χ4v) is 4.70.